The van der Waals surface area contributed by atoms with Gasteiger partial charge in [0.2, 0.25) is 10.0 Å². The van der Waals surface area contributed by atoms with E-state index in [-0.39, 0.29) is 34.9 Å². The van der Waals surface area contributed by atoms with Crippen LogP contribution in [0.3, 0.4) is 0 Å². The first-order valence-corrected chi connectivity index (χ1v) is 11.4. The van der Waals surface area contributed by atoms with Crippen molar-refractivity contribution in [2.75, 3.05) is 33.9 Å². The summed E-state index contributed by atoms with van der Waals surface area (Å²) in [5.74, 6) is -1.82. The number of benzene rings is 2. The summed E-state index contributed by atoms with van der Waals surface area (Å²) >= 11 is 0. The summed E-state index contributed by atoms with van der Waals surface area (Å²) in [5.41, 5.74) is 0.132. The summed E-state index contributed by atoms with van der Waals surface area (Å²) in [6.45, 7) is 3.12. The molecular weight excluding hydrogens is 452 g/mol. The van der Waals surface area contributed by atoms with Crippen LogP contribution in [0.4, 0.5) is 0 Å². The molecule has 2 aromatic rings. The zero-order valence-corrected chi connectivity index (χ0v) is 19.6. The first-order chi connectivity index (χ1) is 15.7. The summed E-state index contributed by atoms with van der Waals surface area (Å²) in [7, 11) is -1.11. The number of amides is 2. The Kier molecular flexibility index (Phi) is 8.94. The largest absolute Gasteiger partial charge is 0.497 e. The molecular formula is C22H26N2O8S. The normalized spacial score (nSPS) is 11.1. The van der Waals surface area contributed by atoms with E-state index in [9.17, 15) is 22.8 Å². The summed E-state index contributed by atoms with van der Waals surface area (Å²) in [6.07, 6.45) is 0. The fourth-order valence-electron chi connectivity index (χ4n) is 2.90. The molecule has 0 bridgehead atoms. The van der Waals surface area contributed by atoms with Gasteiger partial charge in [-0.2, -0.15) is 4.31 Å². The highest BCUT2D eigenvalue weighted by atomic mass is 32.2. The minimum absolute atomic E-state index is 0.0706. The molecule has 2 aromatic carbocycles. The number of nitrogens with zero attached hydrogens (tertiary/aromatic N) is 1. The van der Waals surface area contributed by atoms with E-state index in [4.69, 9.17) is 14.2 Å². The lowest BCUT2D eigenvalue weighted by molar-refractivity contribution is -0.123. The van der Waals surface area contributed by atoms with Crippen LogP contribution in [0.25, 0.3) is 0 Å². The van der Waals surface area contributed by atoms with E-state index in [2.05, 4.69) is 5.32 Å². The van der Waals surface area contributed by atoms with Gasteiger partial charge < -0.3 is 14.2 Å². The van der Waals surface area contributed by atoms with Crippen molar-refractivity contribution < 1.29 is 37.0 Å². The summed E-state index contributed by atoms with van der Waals surface area (Å²) in [6, 6.07) is 9.86. The van der Waals surface area contributed by atoms with Crippen molar-refractivity contribution in [2.24, 2.45) is 0 Å². The Morgan fingerprint density at radius 3 is 2.06 bits per heavy atom. The number of esters is 1. The second-order valence-corrected chi connectivity index (χ2v) is 8.54. The van der Waals surface area contributed by atoms with Crippen molar-refractivity contribution in [3.8, 4) is 11.5 Å². The highest BCUT2D eigenvalue weighted by Gasteiger charge is 2.27. The van der Waals surface area contributed by atoms with E-state index in [0.717, 1.165) is 6.07 Å². The second kappa shape index (κ2) is 11.4. The van der Waals surface area contributed by atoms with Crippen LogP contribution in [-0.4, -0.2) is 64.4 Å². The van der Waals surface area contributed by atoms with Crippen LogP contribution < -0.4 is 14.8 Å². The standard InChI is InChI=1S/C22H26N2O8S/c1-5-24(6-2)33(28,29)19-13-16(9-12-18(19)31-4)22(27)32-14-20(25)23-21(26)15-7-10-17(30-3)11-8-15/h7-13H,5-6,14H2,1-4H3,(H,23,25,26). The molecule has 178 valence electrons. The van der Waals surface area contributed by atoms with Crippen LogP contribution in [-0.2, 0) is 19.6 Å². The number of ether oxygens (including phenoxy) is 3. The van der Waals surface area contributed by atoms with Crippen LogP contribution in [0.1, 0.15) is 34.6 Å². The van der Waals surface area contributed by atoms with Gasteiger partial charge in [-0.05, 0) is 42.5 Å². The molecule has 0 radical (unpaired) electrons. The number of carbonyl (C=O) groups is 3. The Labute approximate surface area is 192 Å². The van der Waals surface area contributed by atoms with Crippen molar-refractivity contribution in [1.29, 1.82) is 0 Å². The Morgan fingerprint density at radius 2 is 1.52 bits per heavy atom. The van der Waals surface area contributed by atoms with E-state index < -0.39 is 34.4 Å². The lowest BCUT2D eigenvalue weighted by Gasteiger charge is -2.20. The fraction of sp³-hybridized carbons (Fsp3) is 0.318. The molecule has 33 heavy (non-hydrogen) atoms. The molecule has 10 nitrogen and oxygen atoms in total. The van der Waals surface area contributed by atoms with E-state index in [1.54, 1.807) is 26.0 Å². The number of hydrogen-bond donors (Lipinski definition) is 1. The van der Waals surface area contributed by atoms with Crippen LogP contribution in [0.5, 0.6) is 11.5 Å². The smallest absolute Gasteiger partial charge is 0.338 e. The Hall–Kier alpha value is -3.44. The van der Waals surface area contributed by atoms with Gasteiger partial charge in [-0.15, -0.1) is 0 Å². The van der Waals surface area contributed by atoms with Gasteiger partial charge in [0, 0.05) is 18.7 Å². The van der Waals surface area contributed by atoms with Crippen molar-refractivity contribution in [1.82, 2.24) is 9.62 Å². The van der Waals surface area contributed by atoms with Gasteiger partial charge in [0.1, 0.15) is 16.4 Å². The van der Waals surface area contributed by atoms with Gasteiger partial charge in [-0.25, -0.2) is 13.2 Å². The summed E-state index contributed by atoms with van der Waals surface area (Å²) in [4.78, 5) is 36.4. The van der Waals surface area contributed by atoms with E-state index >= 15 is 0 Å². The number of carbonyl (C=O) groups excluding carboxylic acids is 3. The molecule has 0 aliphatic carbocycles. The van der Waals surface area contributed by atoms with Gasteiger partial charge >= 0.3 is 5.97 Å². The maximum Gasteiger partial charge on any atom is 0.338 e. The van der Waals surface area contributed by atoms with Crippen LogP contribution in [0.15, 0.2) is 47.4 Å². The summed E-state index contributed by atoms with van der Waals surface area (Å²) in [5, 5.41) is 2.11. The third kappa shape index (κ3) is 6.30. The molecule has 0 fully saturated rings. The van der Waals surface area contributed by atoms with Gasteiger partial charge in [-0.3, -0.25) is 14.9 Å². The predicted molar refractivity (Wildman–Crippen MR) is 119 cm³/mol. The molecule has 0 heterocycles. The molecule has 1 N–H and O–H groups in total. The quantitative estimate of drug-likeness (QED) is 0.513. The monoisotopic (exact) mass is 478 g/mol. The highest BCUT2D eigenvalue weighted by molar-refractivity contribution is 7.89. The van der Waals surface area contributed by atoms with Crippen LogP contribution >= 0.6 is 0 Å². The SMILES string of the molecule is CCN(CC)S(=O)(=O)c1cc(C(=O)OCC(=O)NC(=O)c2ccc(OC)cc2)ccc1OC. The van der Waals surface area contributed by atoms with Crippen molar-refractivity contribution in [3.63, 3.8) is 0 Å². The lowest BCUT2D eigenvalue weighted by atomic mass is 10.2. The van der Waals surface area contributed by atoms with Crippen LogP contribution in [0, 0.1) is 0 Å². The molecule has 2 amide bonds. The Morgan fingerprint density at radius 1 is 0.909 bits per heavy atom. The van der Waals surface area contributed by atoms with E-state index in [0.29, 0.717) is 5.75 Å². The topological polar surface area (TPSA) is 128 Å². The van der Waals surface area contributed by atoms with Crippen LogP contribution in [0.2, 0.25) is 0 Å². The predicted octanol–water partition coefficient (Wildman–Crippen LogP) is 1.85. The third-order valence-electron chi connectivity index (χ3n) is 4.66. The molecule has 0 unspecified atom stereocenters. The maximum atomic E-state index is 12.9. The second-order valence-electron chi connectivity index (χ2n) is 6.64. The third-order valence-corrected chi connectivity index (χ3v) is 6.73. The van der Waals surface area contributed by atoms with Gasteiger partial charge in [0.15, 0.2) is 6.61 Å². The Balaban J connectivity index is 2.09. The molecule has 0 saturated heterocycles. The zero-order chi connectivity index (χ0) is 24.6. The molecule has 11 heteroatoms. The van der Waals surface area contributed by atoms with Crippen molar-refractivity contribution in [3.05, 3.63) is 53.6 Å². The minimum atomic E-state index is -3.92. The average Bonchev–Trinajstić information content (AvgIpc) is 2.82. The number of rotatable bonds is 10. The zero-order valence-electron chi connectivity index (χ0n) is 18.8. The molecule has 0 saturated carbocycles. The molecule has 2 rings (SSSR count). The number of imide groups is 1. The lowest BCUT2D eigenvalue weighted by Crippen LogP contribution is -2.34. The van der Waals surface area contributed by atoms with Gasteiger partial charge in [0.05, 0.1) is 19.8 Å². The number of hydrogen-bond acceptors (Lipinski definition) is 8. The number of sulfonamides is 1. The number of methoxy groups -OCH3 is 2. The van der Waals surface area contributed by atoms with E-state index in [1.165, 1.54) is 42.8 Å². The van der Waals surface area contributed by atoms with Crippen molar-refractivity contribution in [2.45, 2.75) is 18.7 Å². The van der Waals surface area contributed by atoms with Gasteiger partial charge in [-0.1, -0.05) is 13.8 Å². The molecule has 0 aliphatic rings. The molecule has 0 aromatic heterocycles. The molecule has 0 atom stereocenters. The molecule has 0 spiro atoms. The Bertz CT molecular complexity index is 1110. The first-order valence-electron chi connectivity index (χ1n) is 10.0. The number of nitrogens with one attached hydrogen (secondary N) is 1. The highest BCUT2D eigenvalue weighted by Crippen LogP contribution is 2.28. The maximum absolute atomic E-state index is 12.9. The van der Waals surface area contributed by atoms with Gasteiger partial charge in [0.25, 0.3) is 11.8 Å². The minimum Gasteiger partial charge on any atom is -0.497 e. The molecule has 0 aliphatic heterocycles. The van der Waals surface area contributed by atoms with Crippen molar-refractivity contribution >= 4 is 27.8 Å². The first kappa shape index (κ1) is 25.8. The van der Waals surface area contributed by atoms with E-state index in [1.807, 2.05) is 0 Å². The summed E-state index contributed by atoms with van der Waals surface area (Å²) < 4.78 is 42.1. The average molecular weight is 479 g/mol. The fourth-order valence-corrected chi connectivity index (χ4v) is 4.54.